The lowest BCUT2D eigenvalue weighted by molar-refractivity contribution is 1.10. The molecule has 2 aromatic rings. The van der Waals surface area contributed by atoms with E-state index in [0.29, 0.717) is 0 Å². The largest absolute Gasteiger partial charge is 0.144 e. The molecule has 0 N–H and O–H groups in total. The van der Waals surface area contributed by atoms with Crippen molar-refractivity contribution in [3.8, 4) is 0 Å². The van der Waals surface area contributed by atoms with Crippen LogP contribution in [-0.2, 0) is 0 Å². The first kappa shape index (κ1) is 8.09. The summed E-state index contributed by atoms with van der Waals surface area (Å²) in [6.45, 7) is 2.01. The number of fused-ring (bicyclic) bond motifs is 1. The van der Waals surface area contributed by atoms with Crippen LogP contribution in [0.2, 0.25) is 0 Å². The summed E-state index contributed by atoms with van der Waals surface area (Å²) in [5, 5.41) is 3.50. The van der Waals surface area contributed by atoms with Gasteiger partial charge in [-0.25, -0.2) is 0 Å². The molecule has 2 rings (SSSR count). The summed E-state index contributed by atoms with van der Waals surface area (Å²) >= 11 is 7.80. The van der Waals surface area contributed by atoms with E-state index in [0.717, 1.165) is 0 Å². The summed E-state index contributed by atoms with van der Waals surface area (Å²) in [7, 11) is 0. The van der Waals surface area contributed by atoms with Crippen molar-refractivity contribution >= 4 is 33.0 Å². The van der Waals surface area contributed by atoms with Crippen molar-refractivity contribution in [2.24, 2.45) is 0 Å². The maximum Gasteiger partial charge on any atom is 0.0563 e. The minimum absolute atomic E-state index is 0.100. The highest BCUT2D eigenvalue weighted by Crippen LogP contribution is 2.30. The van der Waals surface area contributed by atoms with E-state index in [2.05, 4.69) is 29.6 Å². The minimum atomic E-state index is 0.100. The molecule has 2 heteroatoms. The van der Waals surface area contributed by atoms with Gasteiger partial charge in [-0.15, -0.1) is 22.9 Å². The van der Waals surface area contributed by atoms with E-state index in [4.69, 9.17) is 11.6 Å². The van der Waals surface area contributed by atoms with Crippen molar-refractivity contribution in [1.82, 2.24) is 0 Å². The van der Waals surface area contributed by atoms with E-state index < -0.39 is 0 Å². The zero-order valence-electron chi connectivity index (χ0n) is 6.75. The molecule has 0 fully saturated rings. The fourth-order valence-electron chi connectivity index (χ4n) is 1.36. The lowest BCUT2D eigenvalue weighted by atomic mass is 10.1. The second kappa shape index (κ2) is 3.08. The van der Waals surface area contributed by atoms with Crippen LogP contribution in [0.3, 0.4) is 0 Å². The SMILES string of the molecule is C[C@@H](Cl)c1cccc2sccc12. The molecule has 1 aromatic heterocycles. The van der Waals surface area contributed by atoms with Crippen LogP contribution in [0.25, 0.3) is 10.1 Å². The van der Waals surface area contributed by atoms with Crippen LogP contribution < -0.4 is 0 Å². The minimum Gasteiger partial charge on any atom is -0.144 e. The summed E-state index contributed by atoms with van der Waals surface area (Å²) in [4.78, 5) is 0. The Labute approximate surface area is 80.8 Å². The van der Waals surface area contributed by atoms with Crippen LogP contribution in [0.5, 0.6) is 0 Å². The average molecular weight is 197 g/mol. The van der Waals surface area contributed by atoms with Gasteiger partial charge in [-0.05, 0) is 35.4 Å². The molecule has 0 saturated carbocycles. The number of alkyl halides is 1. The Hall–Kier alpha value is -0.530. The lowest BCUT2D eigenvalue weighted by Gasteiger charge is -2.03. The molecule has 0 unspecified atom stereocenters. The normalized spacial score (nSPS) is 13.5. The van der Waals surface area contributed by atoms with Gasteiger partial charge < -0.3 is 0 Å². The molecular formula is C10H9ClS. The van der Waals surface area contributed by atoms with E-state index in [9.17, 15) is 0 Å². The highest BCUT2D eigenvalue weighted by molar-refractivity contribution is 7.17. The first-order valence-electron chi connectivity index (χ1n) is 3.89. The molecule has 0 aliphatic heterocycles. The molecule has 0 aliphatic rings. The zero-order chi connectivity index (χ0) is 8.55. The molecule has 1 heterocycles. The van der Waals surface area contributed by atoms with Crippen LogP contribution >= 0.6 is 22.9 Å². The molecule has 0 amide bonds. The Balaban J connectivity index is 2.73. The fourth-order valence-corrected chi connectivity index (χ4v) is 2.38. The highest BCUT2D eigenvalue weighted by Gasteiger charge is 2.05. The summed E-state index contributed by atoms with van der Waals surface area (Å²) < 4.78 is 1.32. The van der Waals surface area contributed by atoms with Gasteiger partial charge in [0.2, 0.25) is 0 Å². The van der Waals surface area contributed by atoms with Gasteiger partial charge in [0.15, 0.2) is 0 Å². The second-order valence-corrected chi connectivity index (χ2v) is 4.40. The predicted octanol–water partition coefficient (Wildman–Crippen LogP) is 4.20. The summed E-state index contributed by atoms with van der Waals surface area (Å²) in [5.41, 5.74) is 1.23. The Kier molecular flexibility index (Phi) is 2.07. The van der Waals surface area contributed by atoms with Crippen molar-refractivity contribution in [2.45, 2.75) is 12.3 Å². The number of thiophene rings is 1. The van der Waals surface area contributed by atoms with Crippen LogP contribution in [0, 0.1) is 0 Å². The van der Waals surface area contributed by atoms with Crippen LogP contribution in [-0.4, -0.2) is 0 Å². The first-order valence-corrected chi connectivity index (χ1v) is 5.21. The molecule has 0 spiro atoms. The van der Waals surface area contributed by atoms with Gasteiger partial charge in [0.1, 0.15) is 0 Å². The van der Waals surface area contributed by atoms with E-state index in [-0.39, 0.29) is 5.38 Å². The number of hydrogen-bond donors (Lipinski definition) is 0. The molecule has 0 bridgehead atoms. The smallest absolute Gasteiger partial charge is 0.0563 e. The number of hydrogen-bond acceptors (Lipinski definition) is 1. The molecular weight excluding hydrogens is 188 g/mol. The van der Waals surface area contributed by atoms with Crippen LogP contribution in [0.1, 0.15) is 17.9 Å². The highest BCUT2D eigenvalue weighted by atomic mass is 35.5. The molecule has 0 radical (unpaired) electrons. The monoisotopic (exact) mass is 196 g/mol. The molecule has 0 aliphatic carbocycles. The van der Waals surface area contributed by atoms with Crippen molar-refractivity contribution in [3.63, 3.8) is 0 Å². The third kappa shape index (κ3) is 1.23. The summed E-state index contributed by atoms with van der Waals surface area (Å²) in [6, 6.07) is 8.41. The predicted molar refractivity (Wildman–Crippen MR) is 56.1 cm³/mol. The van der Waals surface area contributed by atoms with Gasteiger partial charge in [0, 0.05) is 4.70 Å². The number of halogens is 1. The van der Waals surface area contributed by atoms with Gasteiger partial charge in [0.25, 0.3) is 0 Å². The number of rotatable bonds is 1. The van der Waals surface area contributed by atoms with Gasteiger partial charge in [-0.2, -0.15) is 0 Å². The van der Waals surface area contributed by atoms with Crippen LogP contribution in [0.4, 0.5) is 0 Å². The molecule has 1 aromatic carbocycles. The zero-order valence-corrected chi connectivity index (χ0v) is 8.32. The van der Waals surface area contributed by atoms with Crippen molar-refractivity contribution < 1.29 is 0 Å². The summed E-state index contributed by atoms with van der Waals surface area (Å²) in [6.07, 6.45) is 0. The maximum atomic E-state index is 6.04. The van der Waals surface area contributed by atoms with E-state index in [1.807, 2.05) is 6.92 Å². The van der Waals surface area contributed by atoms with Gasteiger partial charge in [-0.3, -0.25) is 0 Å². The molecule has 12 heavy (non-hydrogen) atoms. The second-order valence-electron chi connectivity index (χ2n) is 2.80. The third-order valence-electron chi connectivity index (χ3n) is 1.96. The van der Waals surface area contributed by atoms with E-state index in [1.165, 1.54) is 15.6 Å². The third-order valence-corrected chi connectivity index (χ3v) is 3.08. The molecule has 62 valence electrons. The maximum absolute atomic E-state index is 6.04. The first-order chi connectivity index (χ1) is 5.79. The Morgan fingerprint density at radius 2 is 2.17 bits per heavy atom. The fraction of sp³-hybridized carbons (Fsp3) is 0.200. The van der Waals surface area contributed by atoms with Crippen molar-refractivity contribution in [1.29, 1.82) is 0 Å². The molecule has 1 atom stereocenters. The van der Waals surface area contributed by atoms with Crippen molar-refractivity contribution in [3.05, 3.63) is 35.2 Å². The summed E-state index contributed by atoms with van der Waals surface area (Å²) in [5.74, 6) is 0. The molecule has 0 nitrogen and oxygen atoms in total. The Bertz CT molecular complexity index is 389. The quantitative estimate of drug-likeness (QED) is 0.600. The van der Waals surface area contributed by atoms with E-state index in [1.54, 1.807) is 11.3 Å². The van der Waals surface area contributed by atoms with Crippen LogP contribution in [0.15, 0.2) is 29.6 Å². The average Bonchev–Trinajstić information content (AvgIpc) is 2.49. The van der Waals surface area contributed by atoms with Gasteiger partial charge >= 0.3 is 0 Å². The standard InChI is InChI=1S/C10H9ClS/c1-7(11)8-3-2-4-10-9(8)5-6-12-10/h2-7H,1H3/t7-/m1/s1. The van der Waals surface area contributed by atoms with E-state index >= 15 is 0 Å². The number of benzene rings is 1. The van der Waals surface area contributed by atoms with Gasteiger partial charge in [-0.1, -0.05) is 12.1 Å². The lowest BCUT2D eigenvalue weighted by Crippen LogP contribution is -1.83. The topological polar surface area (TPSA) is 0 Å². The van der Waals surface area contributed by atoms with Gasteiger partial charge in [0.05, 0.1) is 5.38 Å². The Morgan fingerprint density at radius 3 is 2.92 bits per heavy atom. The Morgan fingerprint density at radius 1 is 1.33 bits per heavy atom. The molecule has 0 saturated heterocycles. The van der Waals surface area contributed by atoms with Crippen molar-refractivity contribution in [2.75, 3.05) is 0 Å².